The van der Waals surface area contributed by atoms with Crippen molar-refractivity contribution < 1.29 is 19.1 Å². The third-order valence-electron chi connectivity index (χ3n) is 3.54. The Kier molecular flexibility index (Phi) is 3.24. The highest BCUT2D eigenvalue weighted by Gasteiger charge is 2.30. The van der Waals surface area contributed by atoms with E-state index in [9.17, 15) is 9.59 Å². The first-order chi connectivity index (χ1) is 10.4. The van der Waals surface area contributed by atoms with Crippen LogP contribution in [0.3, 0.4) is 0 Å². The molecule has 0 fully saturated rings. The lowest BCUT2D eigenvalue weighted by Crippen LogP contribution is -2.12. The Bertz CT molecular complexity index is 769. The van der Waals surface area contributed by atoms with Crippen LogP contribution in [0.1, 0.15) is 47.1 Å². The first kappa shape index (κ1) is 14.3. The highest BCUT2D eigenvalue weighted by molar-refractivity contribution is 6.14. The van der Waals surface area contributed by atoms with Gasteiger partial charge in [0.1, 0.15) is 11.5 Å². The second kappa shape index (κ2) is 4.98. The molecule has 0 radical (unpaired) electrons. The summed E-state index contributed by atoms with van der Waals surface area (Å²) in [7, 11) is 0. The van der Waals surface area contributed by atoms with Crippen LogP contribution in [0.25, 0.3) is 0 Å². The number of hydrogen-bond donors (Lipinski definition) is 0. The average Bonchev–Trinajstić information content (AvgIpc) is 2.73. The Morgan fingerprint density at radius 2 is 1.59 bits per heavy atom. The Morgan fingerprint density at radius 3 is 2.32 bits per heavy atom. The summed E-state index contributed by atoms with van der Waals surface area (Å²) in [6.45, 7) is 6.32. The molecule has 4 heteroatoms. The molecule has 1 aliphatic rings. The van der Waals surface area contributed by atoms with E-state index in [1.165, 1.54) is 0 Å². The highest BCUT2D eigenvalue weighted by Crippen LogP contribution is 2.35. The number of fused-ring (bicyclic) bond motifs is 1. The van der Waals surface area contributed by atoms with Crippen molar-refractivity contribution in [2.24, 2.45) is 0 Å². The summed E-state index contributed by atoms with van der Waals surface area (Å²) in [5.41, 5.74) is 1.52. The molecule has 3 rings (SSSR count). The molecule has 0 saturated heterocycles. The van der Waals surface area contributed by atoms with Crippen molar-refractivity contribution in [3.05, 3.63) is 59.2 Å². The third-order valence-corrected chi connectivity index (χ3v) is 3.54. The van der Waals surface area contributed by atoms with Crippen LogP contribution >= 0.6 is 0 Å². The van der Waals surface area contributed by atoms with Crippen LogP contribution in [0.15, 0.2) is 42.5 Å². The van der Waals surface area contributed by atoms with E-state index in [-0.39, 0.29) is 16.5 Å². The van der Waals surface area contributed by atoms with Crippen LogP contribution in [0, 0.1) is 0 Å². The first-order valence-electron chi connectivity index (χ1n) is 7.04. The first-order valence-corrected chi connectivity index (χ1v) is 7.04. The van der Waals surface area contributed by atoms with Crippen molar-refractivity contribution in [2.75, 3.05) is 0 Å². The van der Waals surface area contributed by atoms with Crippen molar-refractivity contribution in [1.82, 2.24) is 0 Å². The van der Waals surface area contributed by atoms with Gasteiger partial charge in [-0.1, -0.05) is 39.0 Å². The topological polar surface area (TPSA) is 52.6 Å². The van der Waals surface area contributed by atoms with Gasteiger partial charge in [0.2, 0.25) is 0 Å². The fourth-order valence-electron chi connectivity index (χ4n) is 2.43. The minimum atomic E-state index is -0.630. The summed E-state index contributed by atoms with van der Waals surface area (Å²) in [6.07, 6.45) is 0. The minimum absolute atomic E-state index is 0.0672. The van der Waals surface area contributed by atoms with Crippen LogP contribution in [-0.2, 0) is 10.2 Å². The molecule has 0 bridgehead atoms. The van der Waals surface area contributed by atoms with Gasteiger partial charge in [0.25, 0.3) is 0 Å². The smallest absolute Gasteiger partial charge is 0.347 e. The van der Waals surface area contributed by atoms with E-state index < -0.39 is 11.9 Å². The van der Waals surface area contributed by atoms with Gasteiger partial charge >= 0.3 is 11.9 Å². The SMILES string of the molecule is CC(C)(C)c1ccccc1Oc1ccc2c(c1)C(=O)OC2=O. The second-order valence-electron chi connectivity index (χ2n) is 6.23. The van der Waals surface area contributed by atoms with E-state index in [0.29, 0.717) is 5.75 Å². The molecule has 0 spiro atoms. The number of benzene rings is 2. The van der Waals surface area contributed by atoms with Crippen LogP contribution in [0.2, 0.25) is 0 Å². The van der Waals surface area contributed by atoms with E-state index in [0.717, 1.165) is 11.3 Å². The molecule has 2 aromatic carbocycles. The molecule has 0 atom stereocenters. The zero-order valence-corrected chi connectivity index (χ0v) is 12.7. The zero-order chi connectivity index (χ0) is 15.9. The molecule has 0 N–H and O–H groups in total. The number of carbonyl (C=O) groups is 2. The maximum absolute atomic E-state index is 11.6. The Labute approximate surface area is 128 Å². The van der Waals surface area contributed by atoms with Gasteiger partial charge in [0.05, 0.1) is 11.1 Å². The number of cyclic esters (lactones) is 2. The summed E-state index contributed by atoms with van der Waals surface area (Å²) in [4.78, 5) is 23.1. The lowest BCUT2D eigenvalue weighted by atomic mass is 9.86. The van der Waals surface area contributed by atoms with Gasteiger partial charge in [-0.3, -0.25) is 0 Å². The highest BCUT2D eigenvalue weighted by atomic mass is 16.6. The Morgan fingerprint density at radius 1 is 0.909 bits per heavy atom. The summed E-state index contributed by atoms with van der Waals surface area (Å²) in [5, 5.41) is 0. The van der Waals surface area contributed by atoms with Gasteiger partial charge in [-0.25, -0.2) is 9.59 Å². The molecule has 0 aliphatic carbocycles. The number of carbonyl (C=O) groups excluding carboxylic acids is 2. The second-order valence-corrected chi connectivity index (χ2v) is 6.23. The summed E-state index contributed by atoms with van der Waals surface area (Å²) >= 11 is 0. The quantitative estimate of drug-likeness (QED) is 0.619. The van der Waals surface area contributed by atoms with Gasteiger partial charge in [-0.2, -0.15) is 0 Å². The van der Waals surface area contributed by atoms with Gasteiger partial charge in [0.15, 0.2) is 0 Å². The van der Waals surface area contributed by atoms with Crippen molar-refractivity contribution in [3.8, 4) is 11.5 Å². The summed E-state index contributed by atoms with van der Waals surface area (Å²) in [5.74, 6) is -0.00839. The average molecular weight is 296 g/mol. The van der Waals surface area contributed by atoms with Crippen LogP contribution in [0.5, 0.6) is 11.5 Å². The molecule has 22 heavy (non-hydrogen) atoms. The molecular weight excluding hydrogens is 280 g/mol. The molecule has 0 unspecified atom stereocenters. The maximum Gasteiger partial charge on any atom is 0.347 e. The predicted octanol–water partition coefficient (Wildman–Crippen LogP) is 4.09. The fourth-order valence-corrected chi connectivity index (χ4v) is 2.43. The molecule has 112 valence electrons. The molecule has 2 aromatic rings. The van der Waals surface area contributed by atoms with Crippen molar-refractivity contribution in [2.45, 2.75) is 26.2 Å². The maximum atomic E-state index is 11.6. The standard InChI is InChI=1S/C18H16O4/c1-18(2,3)14-6-4-5-7-15(14)21-11-8-9-12-13(10-11)17(20)22-16(12)19/h4-10H,1-3H3. The molecule has 1 heterocycles. The predicted molar refractivity (Wildman–Crippen MR) is 81.4 cm³/mol. The van der Waals surface area contributed by atoms with E-state index in [1.54, 1.807) is 18.2 Å². The van der Waals surface area contributed by atoms with Crippen LogP contribution < -0.4 is 4.74 Å². The van der Waals surface area contributed by atoms with Gasteiger partial charge < -0.3 is 9.47 Å². The van der Waals surface area contributed by atoms with E-state index in [1.807, 2.05) is 24.3 Å². The molecule has 0 aromatic heterocycles. The molecule has 1 aliphatic heterocycles. The fraction of sp³-hybridized carbons (Fsp3) is 0.222. The van der Waals surface area contributed by atoms with E-state index >= 15 is 0 Å². The molecule has 0 amide bonds. The zero-order valence-electron chi connectivity index (χ0n) is 12.7. The number of esters is 2. The van der Waals surface area contributed by atoms with Crippen molar-refractivity contribution in [3.63, 3.8) is 0 Å². The number of hydrogen-bond acceptors (Lipinski definition) is 4. The Balaban J connectivity index is 1.98. The van der Waals surface area contributed by atoms with Gasteiger partial charge in [-0.15, -0.1) is 0 Å². The molecular formula is C18H16O4. The van der Waals surface area contributed by atoms with E-state index in [2.05, 4.69) is 25.5 Å². The lowest BCUT2D eigenvalue weighted by Gasteiger charge is -2.22. The number of rotatable bonds is 2. The van der Waals surface area contributed by atoms with Crippen LogP contribution in [-0.4, -0.2) is 11.9 Å². The lowest BCUT2D eigenvalue weighted by molar-refractivity contribution is 0.0443. The number of para-hydroxylation sites is 1. The summed E-state index contributed by atoms with van der Waals surface area (Å²) < 4.78 is 10.5. The van der Waals surface area contributed by atoms with Crippen molar-refractivity contribution >= 4 is 11.9 Å². The third kappa shape index (κ3) is 2.48. The van der Waals surface area contributed by atoms with Gasteiger partial charge in [0, 0.05) is 5.56 Å². The van der Waals surface area contributed by atoms with Crippen LogP contribution in [0.4, 0.5) is 0 Å². The van der Waals surface area contributed by atoms with E-state index in [4.69, 9.17) is 4.74 Å². The molecule has 4 nitrogen and oxygen atoms in total. The largest absolute Gasteiger partial charge is 0.457 e. The normalized spacial score (nSPS) is 13.8. The number of ether oxygens (including phenoxy) is 2. The minimum Gasteiger partial charge on any atom is -0.457 e. The molecule has 0 saturated carbocycles. The summed E-state index contributed by atoms with van der Waals surface area (Å²) in [6, 6.07) is 12.5. The van der Waals surface area contributed by atoms with Crippen molar-refractivity contribution in [1.29, 1.82) is 0 Å². The Hall–Kier alpha value is -2.62. The monoisotopic (exact) mass is 296 g/mol. The van der Waals surface area contributed by atoms with Gasteiger partial charge in [-0.05, 0) is 29.7 Å².